The molecule has 1 N–H and O–H groups in total. The average Bonchev–Trinajstić information content (AvgIpc) is 2.91. The second-order valence-corrected chi connectivity index (χ2v) is 3.37. The van der Waals surface area contributed by atoms with Gasteiger partial charge in [-0.15, -0.1) is 0 Å². The van der Waals surface area contributed by atoms with Crippen molar-refractivity contribution in [3.63, 3.8) is 0 Å². The molecule has 0 atom stereocenters. The third kappa shape index (κ3) is 2.45. The first-order valence-corrected chi connectivity index (χ1v) is 4.57. The third-order valence-electron chi connectivity index (χ3n) is 1.96. The minimum absolute atomic E-state index is 0.0380. The summed E-state index contributed by atoms with van der Waals surface area (Å²) in [5.74, 6) is -0.144. The number of pyridine rings is 1. The molecule has 1 aliphatic rings. The van der Waals surface area contributed by atoms with E-state index in [1.54, 1.807) is 18.3 Å². The first-order chi connectivity index (χ1) is 6.74. The Hall–Kier alpha value is -1.58. The lowest BCUT2D eigenvalue weighted by molar-refractivity contribution is -0.136. The molecule has 0 bridgehead atoms. The van der Waals surface area contributed by atoms with Crippen LogP contribution < -0.4 is 4.74 Å². The second kappa shape index (κ2) is 3.65. The zero-order valence-corrected chi connectivity index (χ0v) is 7.64. The van der Waals surface area contributed by atoms with Crippen LogP contribution in [0.25, 0.3) is 0 Å². The van der Waals surface area contributed by atoms with Gasteiger partial charge in [0.25, 0.3) is 0 Å². The summed E-state index contributed by atoms with van der Waals surface area (Å²) in [6, 6.07) is 3.45. The minimum atomic E-state index is -0.867. The third-order valence-corrected chi connectivity index (χ3v) is 1.96. The van der Waals surface area contributed by atoms with Crippen LogP contribution in [-0.4, -0.2) is 22.2 Å². The number of rotatable bonds is 4. The molecule has 0 aromatic carbocycles. The highest BCUT2D eigenvalue weighted by Gasteiger charge is 2.23. The van der Waals surface area contributed by atoms with E-state index in [1.165, 1.54) is 0 Å². The molecule has 0 aliphatic heterocycles. The number of carboxylic acids is 1. The van der Waals surface area contributed by atoms with Crippen LogP contribution in [0.15, 0.2) is 18.3 Å². The summed E-state index contributed by atoms with van der Waals surface area (Å²) < 4.78 is 5.48. The molecule has 1 aromatic rings. The fourth-order valence-electron chi connectivity index (χ4n) is 1.12. The molecule has 4 heteroatoms. The van der Waals surface area contributed by atoms with Crippen molar-refractivity contribution in [1.29, 1.82) is 0 Å². The smallest absolute Gasteiger partial charge is 0.309 e. The molecule has 74 valence electrons. The van der Waals surface area contributed by atoms with Gasteiger partial charge < -0.3 is 9.84 Å². The van der Waals surface area contributed by atoms with Crippen LogP contribution in [-0.2, 0) is 11.2 Å². The van der Waals surface area contributed by atoms with E-state index < -0.39 is 5.97 Å². The fourth-order valence-corrected chi connectivity index (χ4v) is 1.12. The van der Waals surface area contributed by atoms with Crippen molar-refractivity contribution in [2.24, 2.45) is 0 Å². The number of hydrogen-bond donors (Lipinski definition) is 1. The lowest BCUT2D eigenvalue weighted by Gasteiger charge is -2.03. The normalized spacial score (nSPS) is 15.1. The largest absolute Gasteiger partial charge is 0.489 e. The highest BCUT2D eigenvalue weighted by molar-refractivity contribution is 5.69. The lowest BCUT2D eigenvalue weighted by atomic mass is 10.3. The number of ether oxygens (including phenoxy) is 1. The quantitative estimate of drug-likeness (QED) is 0.781. The molecule has 1 fully saturated rings. The number of nitrogens with zero attached hydrogens (tertiary/aromatic N) is 1. The molecular weight excluding hydrogens is 182 g/mol. The summed E-state index contributed by atoms with van der Waals surface area (Å²) in [5, 5.41) is 8.52. The number of aliphatic carboxylic acids is 1. The van der Waals surface area contributed by atoms with Crippen molar-refractivity contribution in [2.45, 2.75) is 25.4 Å². The lowest BCUT2D eigenvalue weighted by Crippen LogP contribution is -2.02. The Morgan fingerprint density at radius 2 is 2.36 bits per heavy atom. The molecule has 0 amide bonds. The Labute approximate surface area is 81.5 Å². The van der Waals surface area contributed by atoms with Gasteiger partial charge >= 0.3 is 5.97 Å². The monoisotopic (exact) mass is 193 g/mol. The van der Waals surface area contributed by atoms with Crippen LogP contribution >= 0.6 is 0 Å². The Bertz CT molecular complexity index is 330. The molecule has 1 aliphatic carbocycles. The maximum Gasteiger partial charge on any atom is 0.309 e. The predicted octanol–water partition coefficient (Wildman–Crippen LogP) is 1.25. The van der Waals surface area contributed by atoms with Crippen molar-refractivity contribution in [3.05, 3.63) is 24.0 Å². The van der Waals surface area contributed by atoms with Gasteiger partial charge in [-0.3, -0.25) is 9.78 Å². The molecule has 14 heavy (non-hydrogen) atoms. The standard InChI is InChI=1S/C10H11NO3/c12-10(13)5-7-1-2-9(6-11-7)14-8-3-4-8/h1-2,6,8H,3-5H2,(H,12,13). The predicted molar refractivity (Wildman–Crippen MR) is 49.2 cm³/mol. The van der Waals surface area contributed by atoms with Gasteiger partial charge in [0.15, 0.2) is 0 Å². The van der Waals surface area contributed by atoms with Crippen LogP contribution in [0.3, 0.4) is 0 Å². The zero-order valence-electron chi connectivity index (χ0n) is 7.64. The van der Waals surface area contributed by atoms with Gasteiger partial charge in [0, 0.05) is 0 Å². The van der Waals surface area contributed by atoms with Gasteiger partial charge in [0.1, 0.15) is 5.75 Å². The van der Waals surface area contributed by atoms with Crippen molar-refractivity contribution in [3.8, 4) is 5.75 Å². The Kier molecular flexibility index (Phi) is 2.35. The average molecular weight is 193 g/mol. The van der Waals surface area contributed by atoms with Crippen molar-refractivity contribution in [1.82, 2.24) is 4.98 Å². The maximum atomic E-state index is 10.4. The Morgan fingerprint density at radius 3 is 2.86 bits per heavy atom. The topological polar surface area (TPSA) is 59.4 Å². The zero-order chi connectivity index (χ0) is 9.97. The van der Waals surface area contributed by atoms with E-state index in [2.05, 4.69) is 4.98 Å². The Balaban J connectivity index is 1.97. The number of carboxylic acid groups (broad SMARTS) is 1. The summed E-state index contributed by atoms with van der Waals surface area (Å²) in [5.41, 5.74) is 0.556. The highest BCUT2D eigenvalue weighted by Crippen LogP contribution is 2.26. The molecule has 1 aromatic heterocycles. The molecular formula is C10H11NO3. The summed E-state index contributed by atoms with van der Waals surface area (Å²) in [7, 11) is 0. The molecule has 0 radical (unpaired) electrons. The van der Waals surface area contributed by atoms with Crippen LogP contribution in [0.1, 0.15) is 18.5 Å². The van der Waals surface area contributed by atoms with Crippen LogP contribution in [0.4, 0.5) is 0 Å². The Morgan fingerprint density at radius 1 is 1.57 bits per heavy atom. The molecule has 4 nitrogen and oxygen atoms in total. The van der Waals surface area contributed by atoms with Gasteiger partial charge in [0.2, 0.25) is 0 Å². The van der Waals surface area contributed by atoms with Gasteiger partial charge in [-0.1, -0.05) is 0 Å². The first kappa shape index (κ1) is 8.99. The van der Waals surface area contributed by atoms with Crippen molar-refractivity contribution < 1.29 is 14.6 Å². The van der Waals surface area contributed by atoms with E-state index in [0.717, 1.165) is 18.6 Å². The van der Waals surface area contributed by atoms with Crippen LogP contribution in [0.2, 0.25) is 0 Å². The van der Waals surface area contributed by atoms with E-state index in [0.29, 0.717) is 11.8 Å². The van der Waals surface area contributed by atoms with Crippen LogP contribution in [0, 0.1) is 0 Å². The molecule has 1 saturated carbocycles. The van der Waals surface area contributed by atoms with E-state index in [1.807, 2.05) is 0 Å². The first-order valence-electron chi connectivity index (χ1n) is 4.57. The second-order valence-electron chi connectivity index (χ2n) is 3.37. The fraction of sp³-hybridized carbons (Fsp3) is 0.400. The summed E-state index contributed by atoms with van der Waals surface area (Å²) >= 11 is 0. The molecule has 0 unspecified atom stereocenters. The molecule has 0 saturated heterocycles. The van der Waals surface area contributed by atoms with Crippen molar-refractivity contribution >= 4 is 5.97 Å². The van der Waals surface area contributed by atoms with Gasteiger partial charge in [-0.2, -0.15) is 0 Å². The highest BCUT2D eigenvalue weighted by atomic mass is 16.5. The number of aromatic nitrogens is 1. The summed E-state index contributed by atoms with van der Waals surface area (Å²) in [4.78, 5) is 14.4. The summed E-state index contributed by atoms with van der Waals surface area (Å²) in [6.07, 6.45) is 4.11. The van der Waals surface area contributed by atoms with E-state index in [-0.39, 0.29) is 6.42 Å². The van der Waals surface area contributed by atoms with E-state index in [4.69, 9.17) is 9.84 Å². The van der Waals surface area contributed by atoms with Crippen molar-refractivity contribution in [2.75, 3.05) is 0 Å². The SMILES string of the molecule is O=C(O)Cc1ccc(OC2CC2)cn1. The van der Waals surface area contributed by atoms with Gasteiger partial charge in [-0.25, -0.2) is 0 Å². The van der Waals surface area contributed by atoms with Gasteiger partial charge in [-0.05, 0) is 25.0 Å². The summed E-state index contributed by atoms with van der Waals surface area (Å²) in [6.45, 7) is 0. The van der Waals surface area contributed by atoms with E-state index >= 15 is 0 Å². The number of hydrogen-bond acceptors (Lipinski definition) is 3. The molecule has 0 spiro atoms. The molecule has 2 rings (SSSR count). The van der Waals surface area contributed by atoms with E-state index in [9.17, 15) is 4.79 Å². The van der Waals surface area contributed by atoms with Crippen LogP contribution in [0.5, 0.6) is 5.75 Å². The van der Waals surface area contributed by atoms with Gasteiger partial charge in [0.05, 0.1) is 24.4 Å². The number of carbonyl (C=O) groups is 1. The molecule has 1 heterocycles. The maximum absolute atomic E-state index is 10.4. The minimum Gasteiger partial charge on any atom is -0.489 e.